The average Bonchev–Trinajstić information content (AvgIpc) is 1.99. The number of rotatable bonds is 1. The van der Waals surface area contributed by atoms with Crippen molar-refractivity contribution in [2.45, 2.75) is 13.3 Å². The van der Waals surface area contributed by atoms with E-state index in [0.717, 1.165) is 6.07 Å². The van der Waals surface area contributed by atoms with Crippen LogP contribution in [0.5, 0.6) is 0 Å². The lowest BCUT2D eigenvalue weighted by molar-refractivity contribution is 0.499. The van der Waals surface area contributed by atoms with Gasteiger partial charge in [0.1, 0.15) is 0 Å². The van der Waals surface area contributed by atoms with Gasteiger partial charge in [0.05, 0.1) is 0 Å². The van der Waals surface area contributed by atoms with Crippen molar-refractivity contribution in [2.75, 3.05) is 0 Å². The van der Waals surface area contributed by atoms with Gasteiger partial charge in [-0.15, -0.1) is 0 Å². The number of halogens is 2. The Kier molecular flexibility index (Phi) is 2.22. The summed E-state index contributed by atoms with van der Waals surface area (Å²) >= 11 is 0. The second kappa shape index (κ2) is 2.99. The maximum absolute atomic E-state index is 12.8. The van der Waals surface area contributed by atoms with Crippen molar-refractivity contribution < 1.29 is 8.78 Å². The molecule has 1 aromatic carbocycles. The van der Waals surface area contributed by atoms with Gasteiger partial charge >= 0.3 is 0 Å². The molecule has 0 unspecified atom stereocenters. The molecule has 0 N–H and O–H groups in total. The highest BCUT2D eigenvalue weighted by Gasteiger charge is 2.08. The van der Waals surface area contributed by atoms with Gasteiger partial charge in [0.2, 0.25) is 0 Å². The van der Waals surface area contributed by atoms with Crippen LogP contribution in [0.15, 0.2) is 12.1 Å². The third-order valence-electron chi connectivity index (χ3n) is 1.65. The molecule has 0 aliphatic heterocycles. The molecule has 2 heteroatoms. The zero-order valence-electron chi connectivity index (χ0n) is 6.32. The summed E-state index contributed by atoms with van der Waals surface area (Å²) in [5.74, 6) is -1.56. The Labute approximate surface area is 64.9 Å². The molecule has 11 heavy (non-hydrogen) atoms. The molecule has 0 heterocycles. The second-order valence-corrected chi connectivity index (χ2v) is 2.35. The normalized spacial score (nSPS) is 10.2. The Morgan fingerprint density at radius 1 is 1.36 bits per heavy atom. The summed E-state index contributed by atoms with van der Waals surface area (Å²) in [5.41, 5.74) is 0.927. The first-order valence-electron chi connectivity index (χ1n) is 3.45. The lowest BCUT2D eigenvalue weighted by Crippen LogP contribution is -1.95. The predicted octanol–water partition coefficient (Wildman–Crippen LogP) is 2.71. The fourth-order valence-electron chi connectivity index (χ4n) is 1.01. The van der Waals surface area contributed by atoms with Crippen molar-refractivity contribution in [3.05, 3.63) is 41.8 Å². The Morgan fingerprint density at radius 3 is 2.45 bits per heavy atom. The van der Waals surface area contributed by atoms with Crippen molar-refractivity contribution in [2.24, 2.45) is 0 Å². The van der Waals surface area contributed by atoms with E-state index < -0.39 is 11.6 Å². The lowest BCUT2D eigenvalue weighted by Gasteiger charge is -2.03. The smallest absolute Gasteiger partial charge is 0.162 e. The summed E-state index contributed by atoms with van der Waals surface area (Å²) in [4.78, 5) is 0. The first-order chi connectivity index (χ1) is 5.16. The van der Waals surface area contributed by atoms with Gasteiger partial charge in [-0.05, 0) is 30.5 Å². The molecule has 0 nitrogen and oxygen atoms in total. The minimum Gasteiger partial charge on any atom is -0.204 e. The number of benzene rings is 1. The first-order valence-corrected chi connectivity index (χ1v) is 3.45. The zero-order valence-corrected chi connectivity index (χ0v) is 6.32. The molecular weight excluding hydrogens is 146 g/mol. The van der Waals surface area contributed by atoms with Gasteiger partial charge in [-0.25, -0.2) is 8.78 Å². The maximum atomic E-state index is 12.8. The minimum atomic E-state index is -0.797. The minimum absolute atomic E-state index is 0.366. The average molecular weight is 155 g/mol. The summed E-state index contributed by atoms with van der Waals surface area (Å²) in [6, 6.07) is 2.58. The van der Waals surface area contributed by atoms with Crippen LogP contribution in [0, 0.1) is 18.6 Å². The maximum Gasteiger partial charge on any atom is 0.162 e. The van der Waals surface area contributed by atoms with E-state index in [9.17, 15) is 8.78 Å². The Morgan fingerprint density at radius 2 is 2.00 bits per heavy atom. The monoisotopic (exact) mass is 155 g/mol. The van der Waals surface area contributed by atoms with Gasteiger partial charge in [-0.2, -0.15) is 0 Å². The molecule has 1 radical (unpaired) electrons. The molecule has 0 atom stereocenters. The predicted molar refractivity (Wildman–Crippen MR) is 40.2 cm³/mol. The quantitative estimate of drug-likeness (QED) is 0.585. The van der Waals surface area contributed by atoms with Gasteiger partial charge in [0, 0.05) is 0 Å². The largest absolute Gasteiger partial charge is 0.204 e. The van der Waals surface area contributed by atoms with E-state index in [4.69, 9.17) is 0 Å². The van der Waals surface area contributed by atoms with E-state index in [1.54, 1.807) is 6.92 Å². The fraction of sp³-hybridized carbons (Fsp3) is 0.222. The molecule has 0 saturated heterocycles. The zero-order chi connectivity index (χ0) is 8.43. The summed E-state index contributed by atoms with van der Waals surface area (Å²) in [7, 11) is 0. The van der Waals surface area contributed by atoms with Crippen LogP contribution in [0.1, 0.15) is 18.1 Å². The molecule has 0 aliphatic carbocycles. The van der Waals surface area contributed by atoms with Gasteiger partial charge < -0.3 is 0 Å². The van der Waals surface area contributed by atoms with E-state index >= 15 is 0 Å². The lowest BCUT2D eigenvalue weighted by atomic mass is 10.1. The van der Waals surface area contributed by atoms with E-state index in [2.05, 4.69) is 6.92 Å². The van der Waals surface area contributed by atoms with Crippen LogP contribution in [0.4, 0.5) is 8.78 Å². The Balaban J connectivity index is 3.29. The number of hydrogen-bond acceptors (Lipinski definition) is 0. The fourth-order valence-corrected chi connectivity index (χ4v) is 1.01. The molecule has 0 bridgehead atoms. The SMILES string of the molecule is [CH2]c1ccc(F)c(F)c1CC. The first kappa shape index (κ1) is 8.18. The molecular formula is C9H9F2. The van der Waals surface area contributed by atoms with Crippen molar-refractivity contribution in [1.29, 1.82) is 0 Å². The summed E-state index contributed by atoms with van der Waals surface area (Å²) in [5, 5.41) is 0. The van der Waals surface area contributed by atoms with Crippen molar-refractivity contribution in [3.63, 3.8) is 0 Å². The molecule has 1 aromatic rings. The molecule has 59 valence electrons. The molecule has 0 fully saturated rings. The van der Waals surface area contributed by atoms with Gasteiger partial charge in [0.15, 0.2) is 11.6 Å². The standard InChI is InChI=1S/C9H9F2/c1-3-7-6(2)4-5-8(10)9(7)11/h4-5H,2-3H2,1H3. The topological polar surface area (TPSA) is 0 Å². The van der Waals surface area contributed by atoms with Crippen LogP contribution in [0.25, 0.3) is 0 Å². The van der Waals surface area contributed by atoms with Crippen LogP contribution in [0.2, 0.25) is 0 Å². The summed E-state index contributed by atoms with van der Waals surface area (Å²) in [6.07, 6.45) is 0.475. The molecule has 0 amide bonds. The second-order valence-electron chi connectivity index (χ2n) is 2.35. The summed E-state index contributed by atoms with van der Waals surface area (Å²) < 4.78 is 25.4. The molecule has 0 spiro atoms. The summed E-state index contributed by atoms with van der Waals surface area (Å²) in [6.45, 7) is 5.36. The molecule has 0 aromatic heterocycles. The van der Waals surface area contributed by atoms with Crippen molar-refractivity contribution >= 4 is 0 Å². The van der Waals surface area contributed by atoms with E-state index in [0.29, 0.717) is 17.5 Å². The Hall–Kier alpha value is -0.920. The highest BCUT2D eigenvalue weighted by atomic mass is 19.2. The number of hydrogen-bond donors (Lipinski definition) is 0. The molecule has 1 rings (SSSR count). The van der Waals surface area contributed by atoms with E-state index in [-0.39, 0.29) is 0 Å². The van der Waals surface area contributed by atoms with Crippen LogP contribution >= 0.6 is 0 Å². The highest BCUT2D eigenvalue weighted by molar-refractivity contribution is 5.31. The Bertz CT molecular complexity index is 267. The molecule has 0 aliphatic rings. The van der Waals surface area contributed by atoms with Crippen molar-refractivity contribution in [3.8, 4) is 0 Å². The van der Waals surface area contributed by atoms with Crippen LogP contribution in [-0.2, 0) is 6.42 Å². The van der Waals surface area contributed by atoms with E-state index in [1.165, 1.54) is 6.07 Å². The third-order valence-corrected chi connectivity index (χ3v) is 1.65. The van der Waals surface area contributed by atoms with Crippen molar-refractivity contribution in [1.82, 2.24) is 0 Å². The highest BCUT2D eigenvalue weighted by Crippen LogP contribution is 2.16. The molecule has 0 saturated carbocycles. The van der Waals surface area contributed by atoms with Crippen LogP contribution in [-0.4, -0.2) is 0 Å². The van der Waals surface area contributed by atoms with Gasteiger partial charge in [0.25, 0.3) is 0 Å². The third kappa shape index (κ3) is 1.39. The van der Waals surface area contributed by atoms with Crippen LogP contribution < -0.4 is 0 Å². The van der Waals surface area contributed by atoms with Gasteiger partial charge in [-0.3, -0.25) is 0 Å². The van der Waals surface area contributed by atoms with E-state index in [1.807, 2.05) is 0 Å². The van der Waals surface area contributed by atoms with Crippen LogP contribution in [0.3, 0.4) is 0 Å². The van der Waals surface area contributed by atoms with Gasteiger partial charge in [-0.1, -0.05) is 13.0 Å².